The number of aliphatic carboxylic acids is 1. The molecule has 0 aromatic carbocycles. The van der Waals surface area contributed by atoms with Gasteiger partial charge < -0.3 is 15.2 Å². The Morgan fingerprint density at radius 3 is 2.75 bits per heavy atom. The van der Waals surface area contributed by atoms with Crippen LogP contribution in [0.1, 0.15) is 22.5 Å². The van der Waals surface area contributed by atoms with Crippen molar-refractivity contribution in [3.8, 4) is 5.75 Å². The van der Waals surface area contributed by atoms with Crippen LogP contribution in [0.25, 0.3) is 0 Å². The van der Waals surface area contributed by atoms with E-state index in [1.165, 1.54) is 18.4 Å². The Balaban J connectivity index is 2.12. The summed E-state index contributed by atoms with van der Waals surface area (Å²) in [5.41, 5.74) is -1.05. The molecule has 2 rings (SSSR count). The van der Waals surface area contributed by atoms with Gasteiger partial charge in [-0.25, -0.2) is 4.79 Å². The highest BCUT2D eigenvalue weighted by Crippen LogP contribution is 2.36. The van der Waals surface area contributed by atoms with Crippen LogP contribution in [0.4, 0.5) is 0 Å². The Morgan fingerprint density at radius 2 is 2.25 bits per heavy atom. The number of carbonyl (C=O) groups is 2. The van der Waals surface area contributed by atoms with Crippen molar-refractivity contribution in [3.63, 3.8) is 0 Å². The van der Waals surface area contributed by atoms with Gasteiger partial charge in [0.15, 0.2) is 0 Å². The topological polar surface area (TPSA) is 75.6 Å². The van der Waals surface area contributed by atoms with E-state index in [4.69, 9.17) is 9.84 Å². The van der Waals surface area contributed by atoms with Crippen LogP contribution in [0, 0.1) is 0 Å². The minimum absolute atomic E-state index is 0.383. The second-order valence-electron chi connectivity index (χ2n) is 3.66. The van der Waals surface area contributed by atoms with Crippen molar-refractivity contribution in [2.24, 2.45) is 0 Å². The third kappa shape index (κ3) is 1.76. The van der Waals surface area contributed by atoms with E-state index >= 15 is 0 Å². The average molecular weight is 241 g/mol. The summed E-state index contributed by atoms with van der Waals surface area (Å²) >= 11 is 1.23. The number of methoxy groups -OCH3 is 1. The number of thiophene rings is 1. The van der Waals surface area contributed by atoms with E-state index in [1.807, 2.05) is 0 Å². The van der Waals surface area contributed by atoms with E-state index < -0.39 is 11.5 Å². The highest BCUT2D eigenvalue weighted by Gasteiger charge is 2.52. The standard InChI is InChI=1S/C10H11NO4S/c1-15-6-2-5-16-7(6)8(12)11-10(3-4-10)9(13)14/h2,5H,3-4H2,1H3,(H,11,12)(H,13,14). The molecular weight excluding hydrogens is 230 g/mol. The van der Waals surface area contributed by atoms with Gasteiger partial charge in [0.1, 0.15) is 16.2 Å². The van der Waals surface area contributed by atoms with Crippen LogP contribution in [0.3, 0.4) is 0 Å². The maximum absolute atomic E-state index is 11.8. The summed E-state index contributed by atoms with van der Waals surface area (Å²) in [6, 6.07) is 1.68. The number of hydrogen-bond acceptors (Lipinski definition) is 4. The fraction of sp³-hybridized carbons (Fsp3) is 0.400. The van der Waals surface area contributed by atoms with Crippen LogP contribution in [0.2, 0.25) is 0 Å². The minimum atomic E-state index is -1.05. The number of carboxylic acid groups (broad SMARTS) is 1. The van der Waals surface area contributed by atoms with Crippen molar-refractivity contribution in [2.75, 3.05) is 7.11 Å². The summed E-state index contributed by atoms with van der Waals surface area (Å²) < 4.78 is 5.00. The average Bonchev–Trinajstić information content (AvgIpc) is 2.88. The molecule has 6 heteroatoms. The number of hydrogen-bond donors (Lipinski definition) is 2. The van der Waals surface area contributed by atoms with Crippen LogP contribution in [0.15, 0.2) is 11.4 Å². The predicted molar refractivity (Wildman–Crippen MR) is 57.9 cm³/mol. The normalized spacial score (nSPS) is 16.6. The maximum Gasteiger partial charge on any atom is 0.329 e. The summed E-state index contributed by atoms with van der Waals surface area (Å²) in [4.78, 5) is 23.1. The van der Waals surface area contributed by atoms with Crippen molar-refractivity contribution in [1.82, 2.24) is 5.32 Å². The first kappa shape index (κ1) is 10.9. The first-order valence-electron chi connectivity index (χ1n) is 4.76. The molecule has 0 unspecified atom stereocenters. The van der Waals surface area contributed by atoms with Gasteiger partial charge in [0, 0.05) is 0 Å². The van der Waals surface area contributed by atoms with Crippen LogP contribution >= 0.6 is 11.3 Å². The number of rotatable bonds is 4. The summed E-state index contributed by atoms with van der Waals surface area (Å²) in [7, 11) is 1.48. The lowest BCUT2D eigenvalue weighted by molar-refractivity contribution is -0.140. The second kappa shape index (κ2) is 3.79. The summed E-state index contributed by atoms with van der Waals surface area (Å²) in [6.07, 6.45) is 0.976. The van der Waals surface area contributed by atoms with Gasteiger partial charge in [-0.1, -0.05) is 0 Å². The molecule has 1 amide bonds. The minimum Gasteiger partial charge on any atom is -0.495 e. The molecule has 1 aromatic rings. The molecule has 16 heavy (non-hydrogen) atoms. The summed E-state index contributed by atoms with van der Waals surface area (Å²) in [5.74, 6) is -0.883. The fourth-order valence-corrected chi connectivity index (χ4v) is 2.17. The van der Waals surface area contributed by atoms with E-state index in [2.05, 4.69) is 5.32 Å². The molecule has 0 saturated heterocycles. The molecular formula is C10H11NO4S. The Kier molecular flexibility index (Phi) is 2.59. The number of amides is 1. The molecule has 2 N–H and O–H groups in total. The van der Waals surface area contributed by atoms with Gasteiger partial charge in [-0.3, -0.25) is 4.79 Å². The monoisotopic (exact) mass is 241 g/mol. The van der Waals surface area contributed by atoms with Crippen LogP contribution in [-0.4, -0.2) is 29.6 Å². The molecule has 0 aliphatic heterocycles. The Morgan fingerprint density at radius 1 is 1.56 bits per heavy atom. The van der Waals surface area contributed by atoms with Crippen molar-refractivity contribution in [1.29, 1.82) is 0 Å². The zero-order valence-electron chi connectivity index (χ0n) is 8.65. The number of ether oxygens (including phenoxy) is 1. The molecule has 86 valence electrons. The van der Waals surface area contributed by atoms with Crippen LogP contribution < -0.4 is 10.1 Å². The lowest BCUT2D eigenvalue weighted by Crippen LogP contribution is -2.42. The number of nitrogens with one attached hydrogen (secondary N) is 1. The van der Waals surface area contributed by atoms with E-state index in [0.717, 1.165) is 0 Å². The quantitative estimate of drug-likeness (QED) is 0.827. The summed E-state index contributed by atoms with van der Waals surface area (Å²) in [6.45, 7) is 0. The highest BCUT2D eigenvalue weighted by molar-refractivity contribution is 7.12. The van der Waals surface area contributed by atoms with Crippen molar-refractivity contribution in [2.45, 2.75) is 18.4 Å². The first-order valence-corrected chi connectivity index (χ1v) is 5.64. The molecule has 0 spiro atoms. The zero-order chi connectivity index (χ0) is 11.8. The molecule has 5 nitrogen and oxygen atoms in total. The first-order chi connectivity index (χ1) is 7.59. The fourth-order valence-electron chi connectivity index (χ4n) is 1.42. The lowest BCUT2D eigenvalue weighted by Gasteiger charge is -2.11. The molecule has 0 atom stereocenters. The van der Waals surface area contributed by atoms with Crippen molar-refractivity contribution >= 4 is 23.2 Å². The number of carboxylic acids is 1. The molecule has 1 aliphatic carbocycles. The molecule has 1 fully saturated rings. The summed E-state index contributed by atoms with van der Waals surface area (Å²) in [5, 5.41) is 13.2. The van der Waals surface area contributed by atoms with E-state index in [1.54, 1.807) is 11.4 Å². The smallest absolute Gasteiger partial charge is 0.329 e. The Hall–Kier alpha value is -1.56. The van der Waals surface area contributed by atoms with E-state index in [-0.39, 0.29) is 5.91 Å². The van der Waals surface area contributed by atoms with Crippen LogP contribution in [-0.2, 0) is 4.79 Å². The Bertz CT molecular complexity index is 436. The Labute approximate surface area is 96.0 Å². The van der Waals surface area contributed by atoms with Crippen LogP contribution in [0.5, 0.6) is 5.75 Å². The molecule has 1 aromatic heterocycles. The maximum atomic E-state index is 11.8. The van der Waals surface area contributed by atoms with Gasteiger partial charge in [0.25, 0.3) is 5.91 Å². The van der Waals surface area contributed by atoms with Gasteiger partial charge in [-0.2, -0.15) is 0 Å². The SMILES string of the molecule is COc1ccsc1C(=O)NC1(C(=O)O)CC1. The number of carbonyl (C=O) groups excluding carboxylic acids is 1. The largest absolute Gasteiger partial charge is 0.495 e. The third-order valence-corrected chi connectivity index (χ3v) is 3.46. The van der Waals surface area contributed by atoms with E-state index in [0.29, 0.717) is 23.5 Å². The predicted octanol–water partition coefficient (Wildman–Crippen LogP) is 1.10. The lowest BCUT2D eigenvalue weighted by atomic mass is 10.2. The van der Waals surface area contributed by atoms with Gasteiger partial charge in [0.05, 0.1) is 7.11 Å². The van der Waals surface area contributed by atoms with Gasteiger partial charge >= 0.3 is 5.97 Å². The molecule has 0 radical (unpaired) electrons. The molecule has 0 bridgehead atoms. The van der Waals surface area contributed by atoms with Gasteiger partial charge in [-0.15, -0.1) is 11.3 Å². The van der Waals surface area contributed by atoms with Gasteiger partial charge in [0.2, 0.25) is 0 Å². The van der Waals surface area contributed by atoms with E-state index in [9.17, 15) is 9.59 Å². The van der Waals surface area contributed by atoms with Crippen molar-refractivity contribution < 1.29 is 19.4 Å². The molecule has 1 heterocycles. The highest BCUT2D eigenvalue weighted by atomic mass is 32.1. The van der Waals surface area contributed by atoms with Crippen molar-refractivity contribution in [3.05, 3.63) is 16.3 Å². The van der Waals surface area contributed by atoms with Gasteiger partial charge in [-0.05, 0) is 24.3 Å². The molecule has 1 saturated carbocycles. The second-order valence-corrected chi connectivity index (χ2v) is 4.58. The molecule has 1 aliphatic rings. The third-order valence-electron chi connectivity index (χ3n) is 2.57. The zero-order valence-corrected chi connectivity index (χ0v) is 9.47.